The predicted molar refractivity (Wildman–Crippen MR) is 103 cm³/mol. The van der Waals surface area contributed by atoms with Gasteiger partial charge in [-0.05, 0) is 57.3 Å². The Morgan fingerprint density at radius 2 is 2.00 bits per heavy atom. The molecule has 0 aliphatic carbocycles. The van der Waals surface area contributed by atoms with Crippen molar-refractivity contribution in [2.45, 2.75) is 26.8 Å². The highest BCUT2D eigenvalue weighted by Gasteiger charge is 2.28. The molecule has 1 atom stereocenters. The minimum Gasteiger partial charge on any atom is -0.497 e. The van der Waals surface area contributed by atoms with Crippen LogP contribution in [0.4, 0.5) is 11.4 Å². The van der Waals surface area contributed by atoms with Gasteiger partial charge >= 0.3 is 5.69 Å². The van der Waals surface area contributed by atoms with Gasteiger partial charge in [-0.2, -0.15) is 5.10 Å². The van der Waals surface area contributed by atoms with Gasteiger partial charge in [0.15, 0.2) is 5.11 Å². The van der Waals surface area contributed by atoms with Crippen LogP contribution < -0.4 is 20.9 Å². The number of thiocarbonyl (C=S) groups is 1. The maximum Gasteiger partial charge on any atom is 0.312 e. The molecule has 0 bridgehead atoms. The van der Waals surface area contributed by atoms with Crippen molar-refractivity contribution in [1.29, 1.82) is 0 Å². The van der Waals surface area contributed by atoms with Crippen LogP contribution in [-0.4, -0.2) is 32.8 Å². The molecule has 11 heteroatoms. The van der Waals surface area contributed by atoms with E-state index in [1.807, 2.05) is 0 Å². The van der Waals surface area contributed by atoms with E-state index in [-0.39, 0.29) is 22.2 Å². The normalized spacial score (nSPS) is 11.6. The van der Waals surface area contributed by atoms with Crippen molar-refractivity contribution in [1.82, 2.24) is 15.2 Å². The third-order valence-electron chi connectivity index (χ3n) is 3.99. The summed E-state index contributed by atoms with van der Waals surface area (Å²) in [5.74, 6) is 0.149. The van der Waals surface area contributed by atoms with Crippen molar-refractivity contribution in [3.8, 4) is 5.75 Å². The van der Waals surface area contributed by atoms with E-state index in [1.165, 1.54) is 30.6 Å². The molecule has 144 valence electrons. The van der Waals surface area contributed by atoms with Gasteiger partial charge in [-0.25, -0.2) is 5.01 Å². The maximum atomic E-state index is 12.7. The molecule has 27 heavy (non-hydrogen) atoms. The molecule has 1 aromatic carbocycles. The number of ether oxygens (including phenoxy) is 1. The highest BCUT2D eigenvalue weighted by Crippen LogP contribution is 2.25. The zero-order valence-corrected chi connectivity index (χ0v) is 16.1. The number of nitrogens with zero attached hydrogens (tertiary/aromatic N) is 4. The average Bonchev–Trinajstić information content (AvgIpc) is 2.93. The van der Waals surface area contributed by atoms with E-state index in [0.717, 1.165) is 0 Å². The van der Waals surface area contributed by atoms with Crippen molar-refractivity contribution < 1.29 is 14.5 Å². The molecule has 1 aromatic heterocycles. The number of carbonyl (C=O) groups excluding carboxylic acids is 1. The molecule has 1 amide bonds. The Morgan fingerprint density at radius 1 is 1.41 bits per heavy atom. The fourth-order valence-electron chi connectivity index (χ4n) is 2.59. The first kappa shape index (κ1) is 20.1. The number of nitrogens with one attached hydrogen (secondary N) is 1. The van der Waals surface area contributed by atoms with Crippen LogP contribution in [0.5, 0.6) is 5.75 Å². The lowest BCUT2D eigenvalue weighted by Gasteiger charge is -2.25. The third kappa shape index (κ3) is 4.14. The van der Waals surface area contributed by atoms with Crippen molar-refractivity contribution in [2.75, 3.05) is 12.1 Å². The summed E-state index contributed by atoms with van der Waals surface area (Å²) in [5, 5.41) is 16.4. The summed E-state index contributed by atoms with van der Waals surface area (Å²) >= 11 is 5.01. The van der Waals surface area contributed by atoms with Gasteiger partial charge in [0.1, 0.15) is 23.2 Å². The van der Waals surface area contributed by atoms with Crippen LogP contribution in [0.25, 0.3) is 0 Å². The molecule has 0 saturated carbocycles. The van der Waals surface area contributed by atoms with Crippen LogP contribution >= 0.6 is 12.2 Å². The molecule has 0 radical (unpaired) electrons. The average molecular weight is 392 g/mol. The Labute approximate surface area is 161 Å². The van der Waals surface area contributed by atoms with Crippen LogP contribution in [0, 0.1) is 24.0 Å². The summed E-state index contributed by atoms with van der Waals surface area (Å²) in [6.07, 6.45) is 0. The molecule has 0 aliphatic heterocycles. The predicted octanol–water partition coefficient (Wildman–Crippen LogP) is 1.76. The smallest absolute Gasteiger partial charge is 0.312 e. The second-order valence-corrected chi connectivity index (χ2v) is 6.16. The fourth-order valence-corrected chi connectivity index (χ4v) is 2.74. The second-order valence-electron chi connectivity index (χ2n) is 5.74. The fraction of sp³-hybridized carbons (Fsp3) is 0.312. The number of aromatic nitrogens is 2. The summed E-state index contributed by atoms with van der Waals surface area (Å²) in [4.78, 5) is 23.3. The van der Waals surface area contributed by atoms with Crippen LogP contribution in [0.15, 0.2) is 24.3 Å². The van der Waals surface area contributed by atoms with Gasteiger partial charge in [-0.15, -0.1) is 0 Å². The first-order chi connectivity index (χ1) is 12.7. The largest absolute Gasteiger partial charge is 0.497 e. The standard InChI is InChI=1S/C16H20N6O4S/c1-9-14(22(24)25)10(2)20(18-9)11(3)15(23)19-21(16(17)27)12-5-7-13(26-4)8-6-12/h5-8,11H,1-4H3,(H2,17,27)(H,19,23). The molecule has 0 fully saturated rings. The summed E-state index contributed by atoms with van der Waals surface area (Å²) in [5.41, 5.74) is 9.27. The van der Waals surface area contributed by atoms with Gasteiger partial charge in [-0.1, -0.05) is 0 Å². The summed E-state index contributed by atoms with van der Waals surface area (Å²) < 4.78 is 6.40. The summed E-state index contributed by atoms with van der Waals surface area (Å²) in [6.45, 7) is 4.63. The number of nitro groups is 1. The van der Waals surface area contributed by atoms with E-state index in [9.17, 15) is 14.9 Å². The topological polar surface area (TPSA) is 129 Å². The van der Waals surface area contributed by atoms with E-state index in [0.29, 0.717) is 11.4 Å². The SMILES string of the molecule is COc1ccc(N(NC(=O)C(C)n2nc(C)c([N+](=O)[O-])c2C)C(N)=S)cc1. The highest BCUT2D eigenvalue weighted by molar-refractivity contribution is 7.80. The van der Waals surface area contributed by atoms with E-state index in [1.54, 1.807) is 31.2 Å². The summed E-state index contributed by atoms with van der Waals surface area (Å²) in [6, 6.07) is 5.92. The molecule has 2 aromatic rings. The minimum absolute atomic E-state index is 0.0694. The van der Waals surface area contributed by atoms with Crippen molar-refractivity contribution in [3.63, 3.8) is 0 Å². The highest BCUT2D eigenvalue weighted by atomic mass is 32.1. The quantitative estimate of drug-likeness (QED) is 0.447. The molecule has 0 aliphatic rings. The van der Waals surface area contributed by atoms with Crippen LogP contribution in [0.2, 0.25) is 0 Å². The number of hydrogen-bond acceptors (Lipinski definition) is 6. The number of nitrogens with two attached hydrogens (primary N) is 1. The van der Waals surface area contributed by atoms with E-state index >= 15 is 0 Å². The molecule has 2 rings (SSSR count). The first-order valence-electron chi connectivity index (χ1n) is 7.91. The molecular weight excluding hydrogens is 372 g/mol. The molecule has 0 saturated heterocycles. The van der Waals surface area contributed by atoms with Crippen LogP contribution in [0.3, 0.4) is 0 Å². The Balaban J connectivity index is 2.26. The number of amides is 1. The number of hydrogen-bond donors (Lipinski definition) is 2. The van der Waals surface area contributed by atoms with Gasteiger partial charge in [0, 0.05) is 0 Å². The van der Waals surface area contributed by atoms with E-state index < -0.39 is 16.9 Å². The Hall–Kier alpha value is -3.21. The minimum atomic E-state index is -0.826. The molecular formula is C16H20N6O4S. The first-order valence-corrected chi connectivity index (χ1v) is 8.32. The summed E-state index contributed by atoms with van der Waals surface area (Å²) in [7, 11) is 1.54. The van der Waals surface area contributed by atoms with Crippen molar-refractivity contribution in [2.24, 2.45) is 5.73 Å². The monoisotopic (exact) mass is 392 g/mol. The number of hydrazine groups is 1. The van der Waals surface area contributed by atoms with Crippen molar-refractivity contribution in [3.05, 3.63) is 45.8 Å². The molecule has 0 spiro atoms. The lowest BCUT2D eigenvalue weighted by molar-refractivity contribution is -0.386. The van der Waals surface area contributed by atoms with Gasteiger partial charge in [0.05, 0.1) is 17.7 Å². The number of methoxy groups -OCH3 is 1. The second kappa shape index (κ2) is 7.99. The molecule has 1 unspecified atom stereocenters. The van der Waals surface area contributed by atoms with Gasteiger partial charge < -0.3 is 10.5 Å². The Morgan fingerprint density at radius 3 is 2.44 bits per heavy atom. The number of aryl methyl sites for hydroxylation is 1. The van der Waals surface area contributed by atoms with Crippen LogP contribution in [-0.2, 0) is 4.79 Å². The molecule has 10 nitrogen and oxygen atoms in total. The van der Waals surface area contributed by atoms with Crippen molar-refractivity contribution >= 4 is 34.6 Å². The number of rotatable bonds is 5. The Kier molecular flexibility index (Phi) is 5.95. The number of anilines is 1. The van der Waals surface area contributed by atoms with E-state index in [2.05, 4.69) is 10.5 Å². The number of benzene rings is 1. The third-order valence-corrected chi connectivity index (χ3v) is 4.17. The van der Waals surface area contributed by atoms with Gasteiger partial charge in [-0.3, -0.25) is 25.0 Å². The maximum absolute atomic E-state index is 12.7. The Bertz CT molecular complexity index is 880. The zero-order valence-electron chi connectivity index (χ0n) is 15.3. The lowest BCUT2D eigenvalue weighted by atomic mass is 10.3. The van der Waals surface area contributed by atoms with Crippen LogP contribution in [0.1, 0.15) is 24.4 Å². The molecule has 3 N–H and O–H groups in total. The number of carbonyl (C=O) groups is 1. The van der Waals surface area contributed by atoms with Gasteiger partial charge in [0.2, 0.25) is 0 Å². The lowest BCUT2D eigenvalue weighted by Crippen LogP contribution is -2.51. The molecule has 1 heterocycles. The van der Waals surface area contributed by atoms with Gasteiger partial charge in [0.25, 0.3) is 5.91 Å². The zero-order chi connectivity index (χ0) is 20.3. The van der Waals surface area contributed by atoms with E-state index in [4.69, 9.17) is 22.7 Å².